The van der Waals surface area contributed by atoms with Crippen LogP contribution < -0.4 is 0 Å². The van der Waals surface area contributed by atoms with E-state index in [0.717, 1.165) is 10.8 Å². The van der Waals surface area contributed by atoms with E-state index in [0.29, 0.717) is 0 Å². The Balaban J connectivity index is 2.01. The average Bonchev–Trinajstić information content (AvgIpc) is 2.92. The van der Waals surface area contributed by atoms with E-state index >= 15 is 0 Å². The Morgan fingerprint density at radius 3 is 2.37 bits per heavy atom. The van der Waals surface area contributed by atoms with Gasteiger partial charge in [-0.05, 0) is 11.3 Å². The van der Waals surface area contributed by atoms with Crippen LogP contribution in [0.3, 0.4) is 0 Å². The lowest BCUT2D eigenvalue weighted by molar-refractivity contribution is -0.397. The fourth-order valence-corrected chi connectivity index (χ4v) is 3.05. The number of aromatic nitrogens is 2. The van der Waals surface area contributed by atoms with Crippen LogP contribution in [-0.2, 0) is 6.54 Å². The van der Waals surface area contributed by atoms with E-state index in [1.165, 1.54) is 11.1 Å². The lowest BCUT2D eigenvalue weighted by atomic mass is 10.1. The number of halogens is 6. The molecule has 27 heavy (non-hydrogen) atoms. The predicted molar refractivity (Wildman–Crippen MR) is 78.5 cm³/mol. The summed E-state index contributed by atoms with van der Waals surface area (Å²) < 4.78 is 78.2. The largest absolute Gasteiger partial charge is 0.434 e. The van der Waals surface area contributed by atoms with Crippen molar-refractivity contribution in [3.63, 3.8) is 0 Å². The van der Waals surface area contributed by atoms with Crippen molar-refractivity contribution >= 4 is 5.95 Å². The quantitative estimate of drug-likeness (QED) is 0.440. The van der Waals surface area contributed by atoms with E-state index in [1.54, 1.807) is 0 Å². The zero-order valence-electron chi connectivity index (χ0n) is 13.8. The van der Waals surface area contributed by atoms with Gasteiger partial charge in [-0.2, -0.15) is 26.3 Å². The first kappa shape index (κ1) is 21.4. The van der Waals surface area contributed by atoms with Crippen LogP contribution in [-0.4, -0.2) is 80.2 Å². The summed E-state index contributed by atoms with van der Waals surface area (Å²) >= 11 is 0. The molecule has 1 atom stereocenters. The molecule has 1 aliphatic rings. The van der Waals surface area contributed by atoms with Gasteiger partial charge in [-0.25, -0.2) is 4.57 Å². The standard InChI is InChI=1S/C13H17F6N5O3/c14-12(15,16)10(13(17,18)19)23-4-1-3-21(8-23)6-9(25)7-22-5-2-20-11(22)24(26)27/h2,5,9-10,25H,1,3-4,6-8H2. The Hall–Kier alpha value is -1.93. The van der Waals surface area contributed by atoms with E-state index < -0.39 is 42.0 Å². The first-order valence-electron chi connectivity index (χ1n) is 7.83. The summed E-state index contributed by atoms with van der Waals surface area (Å²) in [5, 5.41) is 20.8. The number of nitro groups is 1. The van der Waals surface area contributed by atoms with Crippen LogP contribution in [0.1, 0.15) is 6.42 Å². The second kappa shape index (κ2) is 7.98. The third-order valence-electron chi connectivity index (χ3n) is 4.02. The molecule has 0 saturated carbocycles. The maximum absolute atomic E-state index is 12.9. The highest BCUT2D eigenvalue weighted by Crippen LogP contribution is 2.37. The minimum Gasteiger partial charge on any atom is -0.390 e. The number of alkyl halides is 6. The van der Waals surface area contributed by atoms with Crippen LogP contribution in [0.15, 0.2) is 12.4 Å². The first-order valence-corrected chi connectivity index (χ1v) is 7.83. The van der Waals surface area contributed by atoms with Crippen molar-refractivity contribution in [3.05, 3.63) is 22.5 Å². The van der Waals surface area contributed by atoms with Crippen molar-refractivity contribution in [2.75, 3.05) is 26.3 Å². The molecule has 1 fully saturated rings. The van der Waals surface area contributed by atoms with Crippen LogP contribution in [0.2, 0.25) is 0 Å². The number of aliphatic hydroxyl groups excluding tert-OH is 1. The molecule has 1 N–H and O–H groups in total. The van der Waals surface area contributed by atoms with E-state index in [2.05, 4.69) is 4.98 Å². The van der Waals surface area contributed by atoms with Gasteiger partial charge in [-0.3, -0.25) is 9.80 Å². The maximum Gasteiger partial charge on any atom is 0.434 e. The van der Waals surface area contributed by atoms with Crippen LogP contribution in [0.25, 0.3) is 0 Å². The number of β-amino-alcohol motifs (C(OH)–C–C–N with tert-alkyl or cyclic N) is 1. The summed E-state index contributed by atoms with van der Waals surface area (Å²) in [6.07, 6.45) is -9.75. The SMILES string of the molecule is O=[N+]([O-])c1nccn1CC(O)CN1CCCN(C(C(F)(F)F)C(F)(F)F)C1. The topological polar surface area (TPSA) is 87.7 Å². The summed E-state index contributed by atoms with van der Waals surface area (Å²) in [7, 11) is 0. The number of hydrogen-bond donors (Lipinski definition) is 1. The zero-order valence-corrected chi connectivity index (χ0v) is 13.8. The van der Waals surface area contributed by atoms with Gasteiger partial charge in [0.15, 0.2) is 0 Å². The Labute approximate surface area is 149 Å². The third-order valence-corrected chi connectivity index (χ3v) is 4.02. The molecule has 8 nitrogen and oxygen atoms in total. The Kier molecular flexibility index (Phi) is 6.32. The Bertz CT molecular complexity index is 635. The van der Waals surface area contributed by atoms with Crippen molar-refractivity contribution in [2.45, 2.75) is 37.5 Å². The molecule has 1 aromatic rings. The fraction of sp³-hybridized carbons (Fsp3) is 0.769. The summed E-state index contributed by atoms with van der Waals surface area (Å²) in [6.45, 7) is -1.33. The summed E-state index contributed by atoms with van der Waals surface area (Å²) in [6, 6.07) is -3.58. The Morgan fingerprint density at radius 2 is 1.81 bits per heavy atom. The van der Waals surface area contributed by atoms with Gasteiger partial charge in [-0.15, -0.1) is 0 Å². The highest BCUT2D eigenvalue weighted by Gasteiger charge is 2.60. The zero-order chi connectivity index (χ0) is 20.4. The number of aliphatic hydroxyl groups is 1. The monoisotopic (exact) mass is 405 g/mol. The van der Waals surface area contributed by atoms with Crippen molar-refractivity contribution < 1.29 is 36.4 Å². The van der Waals surface area contributed by atoms with Gasteiger partial charge in [0.05, 0.1) is 19.3 Å². The molecular weight excluding hydrogens is 388 g/mol. The minimum absolute atomic E-state index is 0.0562. The molecule has 1 saturated heterocycles. The van der Waals surface area contributed by atoms with Gasteiger partial charge in [0, 0.05) is 19.6 Å². The van der Waals surface area contributed by atoms with Crippen molar-refractivity contribution in [3.8, 4) is 0 Å². The molecule has 0 radical (unpaired) electrons. The molecule has 0 bridgehead atoms. The Morgan fingerprint density at radius 1 is 1.19 bits per heavy atom. The predicted octanol–water partition coefficient (Wildman–Crippen LogP) is 1.61. The summed E-state index contributed by atoms with van der Waals surface area (Å²) in [5.74, 6) is -0.525. The van der Waals surface area contributed by atoms with Gasteiger partial charge in [0.2, 0.25) is 6.04 Å². The molecule has 0 amide bonds. The van der Waals surface area contributed by atoms with Crippen molar-refractivity contribution in [2.24, 2.45) is 0 Å². The van der Waals surface area contributed by atoms with Gasteiger partial charge >= 0.3 is 18.3 Å². The van der Waals surface area contributed by atoms with Gasteiger partial charge < -0.3 is 15.2 Å². The summed E-state index contributed by atoms with van der Waals surface area (Å²) in [4.78, 5) is 15.0. The molecule has 2 heterocycles. The van der Waals surface area contributed by atoms with Crippen LogP contribution in [0.4, 0.5) is 32.3 Å². The molecule has 0 aliphatic carbocycles. The first-order chi connectivity index (χ1) is 12.4. The molecule has 1 unspecified atom stereocenters. The molecule has 1 aromatic heterocycles. The smallest absolute Gasteiger partial charge is 0.390 e. The second-order valence-electron chi connectivity index (χ2n) is 6.16. The fourth-order valence-electron chi connectivity index (χ4n) is 3.05. The van der Waals surface area contributed by atoms with E-state index in [4.69, 9.17) is 0 Å². The number of rotatable bonds is 6. The third kappa shape index (κ3) is 5.52. The lowest BCUT2D eigenvalue weighted by Crippen LogP contribution is -2.60. The van der Waals surface area contributed by atoms with E-state index in [9.17, 15) is 41.6 Å². The molecule has 0 aromatic carbocycles. The summed E-state index contributed by atoms with van der Waals surface area (Å²) in [5.41, 5.74) is 0. The molecule has 1 aliphatic heterocycles. The normalized spacial score (nSPS) is 18.8. The number of imidazole rings is 1. The van der Waals surface area contributed by atoms with Crippen molar-refractivity contribution in [1.82, 2.24) is 19.4 Å². The van der Waals surface area contributed by atoms with Crippen LogP contribution in [0, 0.1) is 10.1 Å². The van der Waals surface area contributed by atoms with Crippen LogP contribution >= 0.6 is 0 Å². The molecule has 154 valence electrons. The average molecular weight is 405 g/mol. The van der Waals surface area contributed by atoms with Gasteiger partial charge in [-0.1, -0.05) is 4.98 Å². The molecule has 0 spiro atoms. The molecule has 14 heteroatoms. The van der Waals surface area contributed by atoms with Crippen molar-refractivity contribution in [1.29, 1.82) is 0 Å². The number of nitrogens with zero attached hydrogens (tertiary/aromatic N) is 5. The van der Waals surface area contributed by atoms with Gasteiger partial charge in [0.25, 0.3) is 0 Å². The number of hydrogen-bond acceptors (Lipinski definition) is 6. The molecule has 2 rings (SSSR count). The second-order valence-corrected chi connectivity index (χ2v) is 6.16. The minimum atomic E-state index is -5.47. The highest BCUT2D eigenvalue weighted by atomic mass is 19.4. The van der Waals surface area contributed by atoms with Gasteiger partial charge in [0.1, 0.15) is 12.4 Å². The maximum atomic E-state index is 12.9. The lowest BCUT2D eigenvalue weighted by Gasteiger charge is -2.41. The van der Waals surface area contributed by atoms with Crippen LogP contribution in [0.5, 0.6) is 0 Å². The molecular formula is C13H17F6N5O3. The van der Waals surface area contributed by atoms with E-state index in [-0.39, 0.29) is 37.5 Å². The highest BCUT2D eigenvalue weighted by molar-refractivity contribution is 5.06. The van der Waals surface area contributed by atoms with E-state index in [1.807, 2.05) is 0 Å².